The van der Waals surface area contributed by atoms with Gasteiger partial charge in [-0.05, 0) is 18.1 Å². The number of thioether (sulfide) groups is 1. The van der Waals surface area contributed by atoms with Crippen LogP contribution in [0.15, 0.2) is 74.6 Å². The summed E-state index contributed by atoms with van der Waals surface area (Å²) in [6.45, 7) is 5.64. The van der Waals surface area contributed by atoms with Crippen molar-refractivity contribution < 1.29 is 0 Å². The van der Waals surface area contributed by atoms with E-state index in [0.29, 0.717) is 23.5 Å². The van der Waals surface area contributed by atoms with Crippen LogP contribution in [0, 0.1) is 6.92 Å². The average Bonchev–Trinajstić information content (AvgIpc) is 3.60. The van der Waals surface area contributed by atoms with Crippen molar-refractivity contribution in [2.45, 2.75) is 23.8 Å². The third-order valence-electron chi connectivity index (χ3n) is 7.57. The minimum absolute atomic E-state index is 0.151. The van der Waals surface area contributed by atoms with Gasteiger partial charge in [-0.3, -0.25) is 18.8 Å². The van der Waals surface area contributed by atoms with Crippen LogP contribution < -0.4 is 16.1 Å². The van der Waals surface area contributed by atoms with Crippen LogP contribution in [0.25, 0.3) is 11.2 Å². The Labute approximate surface area is 245 Å². The van der Waals surface area contributed by atoms with Gasteiger partial charge < -0.3 is 9.47 Å². The summed E-state index contributed by atoms with van der Waals surface area (Å²) < 4.78 is 5.51. The van der Waals surface area contributed by atoms with Crippen molar-refractivity contribution in [3.8, 4) is 0 Å². The second-order valence-corrected chi connectivity index (χ2v) is 12.6. The van der Waals surface area contributed by atoms with E-state index in [2.05, 4.69) is 80.7 Å². The van der Waals surface area contributed by atoms with Crippen LogP contribution in [-0.2, 0) is 20.6 Å². The van der Waals surface area contributed by atoms with Crippen molar-refractivity contribution in [2.75, 3.05) is 36.8 Å². The monoisotopic (exact) mass is 588 g/mol. The van der Waals surface area contributed by atoms with Crippen molar-refractivity contribution in [3.63, 3.8) is 0 Å². The van der Waals surface area contributed by atoms with Gasteiger partial charge in [-0.15, -0.1) is 10.2 Å². The van der Waals surface area contributed by atoms with Gasteiger partial charge in [0, 0.05) is 52.6 Å². The molecule has 0 unspecified atom stereocenters. The smallest absolute Gasteiger partial charge is 0.332 e. The van der Waals surface area contributed by atoms with E-state index in [1.807, 2.05) is 11.5 Å². The highest BCUT2D eigenvalue weighted by Crippen LogP contribution is 2.31. The molecule has 41 heavy (non-hydrogen) atoms. The summed E-state index contributed by atoms with van der Waals surface area (Å²) in [6, 6.07) is 21.4. The number of hydrogen-bond acceptors (Lipinski definition) is 9. The molecule has 1 aliphatic heterocycles. The molecule has 1 saturated heterocycles. The minimum atomic E-state index is -0.379. The van der Waals surface area contributed by atoms with E-state index in [4.69, 9.17) is 4.98 Å². The van der Waals surface area contributed by atoms with Crippen molar-refractivity contribution in [1.82, 2.24) is 33.8 Å². The number of aryl methyl sites for hydroxylation is 3. The number of fused-ring (bicyclic) bond motifs is 1. The van der Waals surface area contributed by atoms with Gasteiger partial charge in [0.05, 0.1) is 6.04 Å². The van der Waals surface area contributed by atoms with Gasteiger partial charge in [0.15, 0.2) is 15.5 Å². The molecule has 0 saturated carbocycles. The Morgan fingerprint density at radius 3 is 2.10 bits per heavy atom. The number of imidazole rings is 1. The molecule has 0 N–H and O–H groups in total. The van der Waals surface area contributed by atoms with Crippen LogP contribution in [0.4, 0.5) is 5.95 Å². The molecule has 1 aliphatic rings. The van der Waals surface area contributed by atoms with Gasteiger partial charge in [-0.25, -0.2) is 4.79 Å². The number of rotatable bonds is 8. The topological polar surface area (TPSA) is 94.1 Å². The first-order valence-corrected chi connectivity index (χ1v) is 15.4. The molecule has 0 bridgehead atoms. The molecule has 6 rings (SSSR count). The van der Waals surface area contributed by atoms with E-state index in [1.165, 1.54) is 22.7 Å². The van der Waals surface area contributed by atoms with Crippen LogP contribution >= 0.6 is 23.1 Å². The standard InChI is InChI=1S/C29H32N8O2S2/c1-20-31-32-28(41-20)40-19-18-37-24-25(33(2)29(39)34(3)26(24)38)30-27(37)36-16-14-35(15-17-36)23(21-10-6-4-7-11-21)22-12-8-5-9-13-22/h4-13,23H,14-19H2,1-3H3. The Hall–Kier alpha value is -3.74. The fourth-order valence-electron chi connectivity index (χ4n) is 5.51. The number of aromatic nitrogens is 6. The Kier molecular flexibility index (Phi) is 7.78. The number of piperazine rings is 1. The molecular formula is C29H32N8O2S2. The van der Waals surface area contributed by atoms with E-state index in [0.717, 1.165) is 46.0 Å². The van der Waals surface area contributed by atoms with E-state index in [-0.39, 0.29) is 17.3 Å². The highest BCUT2D eigenvalue weighted by atomic mass is 32.2. The van der Waals surface area contributed by atoms with Crippen LogP contribution in [0.5, 0.6) is 0 Å². The lowest BCUT2D eigenvalue weighted by Crippen LogP contribution is -2.48. The highest BCUT2D eigenvalue weighted by Gasteiger charge is 2.29. The van der Waals surface area contributed by atoms with Gasteiger partial charge in [0.1, 0.15) is 5.01 Å². The SMILES string of the molecule is Cc1nnc(SCCn2c(N3CCN(C(c4ccccc4)c4ccccc4)CC3)nc3c2c(=O)n(C)c(=O)n3C)s1. The second kappa shape index (κ2) is 11.6. The normalized spacial score (nSPS) is 14.4. The van der Waals surface area contributed by atoms with Crippen LogP contribution in [0.2, 0.25) is 0 Å². The molecule has 0 spiro atoms. The van der Waals surface area contributed by atoms with Gasteiger partial charge in [0.2, 0.25) is 5.95 Å². The van der Waals surface area contributed by atoms with E-state index >= 15 is 0 Å². The van der Waals surface area contributed by atoms with Crippen LogP contribution in [-0.4, -0.2) is 65.7 Å². The Morgan fingerprint density at radius 2 is 1.51 bits per heavy atom. The molecular weight excluding hydrogens is 557 g/mol. The largest absolute Gasteiger partial charge is 0.340 e. The number of anilines is 1. The van der Waals surface area contributed by atoms with Gasteiger partial charge >= 0.3 is 5.69 Å². The predicted octanol–water partition coefficient (Wildman–Crippen LogP) is 3.30. The van der Waals surface area contributed by atoms with Gasteiger partial charge in [0.25, 0.3) is 5.56 Å². The van der Waals surface area contributed by atoms with Gasteiger partial charge in [-0.1, -0.05) is 83.8 Å². The zero-order valence-corrected chi connectivity index (χ0v) is 24.9. The van der Waals surface area contributed by atoms with Crippen LogP contribution in [0.3, 0.4) is 0 Å². The Bertz CT molecular complexity index is 1730. The fourth-order valence-corrected chi connectivity index (χ4v) is 7.32. The first-order valence-electron chi connectivity index (χ1n) is 13.6. The molecule has 3 aromatic heterocycles. The molecule has 212 valence electrons. The fraction of sp³-hybridized carbons (Fsp3) is 0.345. The second-order valence-electron chi connectivity index (χ2n) is 10.1. The maximum atomic E-state index is 13.3. The highest BCUT2D eigenvalue weighted by molar-refractivity contribution is 8.01. The molecule has 1 fully saturated rings. The van der Waals surface area contributed by atoms with E-state index < -0.39 is 0 Å². The number of benzene rings is 2. The third kappa shape index (κ3) is 5.34. The van der Waals surface area contributed by atoms with Crippen molar-refractivity contribution in [3.05, 3.63) is 97.6 Å². The molecule has 0 radical (unpaired) electrons. The molecule has 5 aromatic rings. The van der Waals surface area contributed by atoms with Crippen LogP contribution in [0.1, 0.15) is 22.2 Å². The molecule has 0 amide bonds. The zero-order valence-electron chi connectivity index (χ0n) is 23.3. The summed E-state index contributed by atoms with van der Waals surface area (Å²) >= 11 is 3.17. The summed E-state index contributed by atoms with van der Waals surface area (Å²) in [5.74, 6) is 1.42. The van der Waals surface area contributed by atoms with E-state index in [1.54, 1.807) is 30.1 Å². The zero-order chi connectivity index (χ0) is 28.5. The predicted molar refractivity (Wildman–Crippen MR) is 164 cm³/mol. The van der Waals surface area contributed by atoms with Crippen molar-refractivity contribution in [2.24, 2.45) is 14.1 Å². The third-order valence-corrected chi connectivity index (χ3v) is 9.52. The molecule has 10 nitrogen and oxygen atoms in total. The Balaban J connectivity index is 1.31. The molecule has 4 heterocycles. The summed E-state index contributed by atoms with van der Waals surface area (Å²) in [6.07, 6.45) is 0. The quantitative estimate of drug-likeness (QED) is 0.255. The average molecular weight is 589 g/mol. The lowest BCUT2D eigenvalue weighted by molar-refractivity contribution is 0.211. The molecule has 0 aliphatic carbocycles. The molecule has 0 atom stereocenters. The summed E-state index contributed by atoms with van der Waals surface area (Å²) in [7, 11) is 3.19. The summed E-state index contributed by atoms with van der Waals surface area (Å²) in [5.41, 5.74) is 2.69. The van der Waals surface area contributed by atoms with Gasteiger partial charge in [-0.2, -0.15) is 4.98 Å². The van der Waals surface area contributed by atoms with Crippen molar-refractivity contribution >= 4 is 40.2 Å². The number of nitrogens with zero attached hydrogens (tertiary/aromatic N) is 8. The summed E-state index contributed by atoms with van der Waals surface area (Å²) in [5, 5.41) is 9.25. The lowest BCUT2D eigenvalue weighted by Gasteiger charge is -2.40. The first-order chi connectivity index (χ1) is 19.9. The lowest BCUT2D eigenvalue weighted by atomic mass is 9.96. The number of hydrogen-bond donors (Lipinski definition) is 0. The molecule has 2 aromatic carbocycles. The van der Waals surface area contributed by atoms with E-state index in [9.17, 15) is 9.59 Å². The first kappa shape index (κ1) is 27.4. The minimum Gasteiger partial charge on any atom is -0.340 e. The maximum Gasteiger partial charge on any atom is 0.332 e. The molecule has 12 heteroatoms. The van der Waals surface area contributed by atoms with Crippen molar-refractivity contribution in [1.29, 1.82) is 0 Å². The summed E-state index contributed by atoms with van der Waals surface area (Å²) in [4.78, 5) is 35.7. The maximum absolute atomic E-state index is 13.3. The Morgan fingerprint density at radius 1 is 0.878 bits per heavy atom.